The second kappa shape index (κ2) is 10.7. The molecule has 14 atom stereocenters. The second-order valence-corrected chi connectivity index (χ2v) is 18.0. The van der Waals surface area contributed by atoms with Crippen LogP contribution in [0, 0.1) is 50.2 Å². The molecular formula is C36H58O9. The summed E-state index contributed by atoms with van der Waals surface area (Å²) in [5.74, 6) is -0.382. The summed E-state index contributed by atoms with van der Waals surface area (Å²) >= 11 is 0. The Labute approximate surface area is 268 Å². The van der Waals surface area contributed by atoms with Crippen molar-refractivity contribution in [1.82, 2.24) is 0 Å². The molecule has 0 radical (unpaired) electrons. The minimum atomic E-state index is -1.47. The summed E-state index contributed by atoms with van der Waals surface area (Å²) in [6.07, 6.45) is 1.79. The molecule has 9 nitrogen and oxygen atoms in total. The first-order chi connectivity index (χ1) is 20.8. The lowest BCUT2D eigenvalue weighted by molar-refractivity contribution is -0.330. The summed E-state index contributed by atoms with van der Waals surface area (Å²) in [5, 5.41) is 63.5. The lowest BCUT2D eigenvalue weighted by Gasteiger charge is -2.71. The fourth-order valence-electron chi connectivity index (χ4n) is 12.3. The number of aliphatic carboxylic acids is 1. The summed E-state index contributed by atoms with van der Waals surface area (Å²) in [6, 6.07) is 0. The summed E-state index contributed by atoms with van der Waals surface area (Å²) in [6.45, 7) is 15.6. The Morgan fingerprint density at radius 2 is 1.58 bits per heavy atom. The first-order valence-corrected chi connectivity index (χ1v) is 17.4. The summed E-state index contributed by atoms with van der Waals surface area (Å²) < 4.78 is 12.2. The molecule has 0 amide bonds. The van der Waals surface area contributed by atoms with E-state index < -0.39 is 54.8 Å². The van der Waals surface area contributed by atoms with Crippen LogP contribution in [0.1, 0.15) is 106 Å². The van der Waals surface area contributed by atoms with Crippen LogP contribution in [0.25, 0.3) is 0 Å². The highest BCUT2D eigenvalue weighted by Crippen LogP contribution is 2.76. The van der Waals surface area contributed by atoms with Gasteiger partial charge in [0.2, 0.25) is 0 Å². The van der Waals surface area contributed by atoms with E-state index in [-0.39, 0.29) is 39.1 Å². The van der Waals surface area contributed by atoms with Crippen LogP contribution in [-0.2, 0) is 14.3 Å². The molecule has 0 aromatic carbocycles. The number of ether oxygens (including phenoxy) is 2. The molecule has 0 aromatic heterocycles. The van der Waals surface area contributed by atoms with Crippen molar-refractivity contribution in [2.75, 3.05) is 6.61 Å². The summed E-state index contributed by atoms with van der Waals surface area (Å²) in [7, 11) is 0. The largest absolute Gasteiger partial charge is 0.481 e. The third kappa shape index (κ3) is 4.54. The lowest BCUT2D eigenvalue weighted by atomic mass is 9.33. The molecule has 1 aliphatic heterocycles. The number of fused-ring (bicyclic) bond motifs is 7. The zero-order valence-corrected chi connectivity index (χ0v) is 28.3. The quantitative estimate of drug-likeness (QED) is 0.199. The van der Waals surface area contributed by atoms with E-state index in [4.69, 9.17) is 9.47 Å². The van der Waals surface area contributed by atoms with Crippen molar-refractivity contribution in [1.29, 1.82) is 0 Å². The van der Waals surface area contributed by atoms with Gasteiger partial charge in [-0.1, -0.05) is 60.1 Å². The number of rotatable bonds is 4. The smallest absolute Gasteiger partial charge is 0.312 e. The zero-order valence-electron chi connectivity index (χ0n) is 28.3. The third-order valence-corrected chi connectivity index (χ3v) is 15.2. The molecule has 0 bridgehead atoms. The Morgan fingerprint density at radius 1 is 0.889 bits per heavy atom. The lowest BCUT2D eigenvalue weighted by Crippen LogP contribution is -2.68. The van der Waals surface area contributed by atoms with Crippen LogP contribution in [0.2, 0.25) is 0 Å². The first kappa shape index (κ1) is 33.8. The van der Waals surface area contributed by atoms with Crippen LogP contribution in [0.5, 0.6) is 0 Å². The van der Waals surface area contributed by atoms with E-state index in [0.717, 1.165) is 44.9 Å². The van der Waals surface area contributed by atoms with E-state index >= 15 is 0 Å². The average molecular weight is 635 g/mol. The van der Waals surface area contributed by atoms with Crippen molar-refractivity contribution in [3.05, 3.63) is 11.6 Å². The van der Waals surface area contributed by atoms with Crippen LogP contribution < -0.4 is 0 Å². The molecule has 0 aromatic rings. The van der Waals surface area contributed by atoms with Gasteiger partial charge in [0.05, 0.1) is 18.8 Å². The van der Waals surface area contributed by atoms with Crippen LogP contribution >= 0.6 is 0 Å². The summed E-state index contributed by atoms with van der Waals surface area (Å²) in [5.41, 5.74) is -0.571. The molecule has 1 heterocycles. The highest BCUT2D eigenvalue weighted by atomic mass is 16.7. The number of hydrogen-bond donors (Lipinski definition) is 6. The van der Waals surface area contributed by atoms with E-state index in [0.29, 0.717) is 24.7 Å². The first-order valence-electron chi connectivity index (χ1n) is 17.4. The van der Waals surface area contributed by atoms with Crippen molar-refractivity contribution in [2.45, 2.75) is 149 Å². The third-order valence-electron chi connectivity index (χ3n) is 15.2. The molecule has 6 rings (SSSR count). The van der Waals surface area contributed by atoms with Crippen LogP contribution in [0.4, 0.5) is 0 Å². The van der Waals surface area contributed by atoms with Gasteiger partial charge in [0.25, 0.3) is 0 Å². The van der Waals surface area contributed by atoms with E-state index in [1.54, 1.807) is 0 Å². The fraction of sp³-hybridized carbons (Fsp3) is 0.917. The minimum Gasteiger partial charge on any atom is -0.481 e. The van der Waals surface area contributed by atoms with Crippen LogP contribution in [0.15, 0.2) is 11.6 Å². The van der Waals surface area contributed by atoms with Crippen molar-refractivity contribution in [3.8, 4) is 0 Å². The second-order valence-electron chi connectivity index (χ2n) is 18.0. The normalized spacial score (nSPS) is 53.6. The van der Waals surface area contributed by atoms with Crippen molar-refractivity contribution < 1.29 is 44.9 Å². The molecule has 6 N–H and O–H groups in total. The molecule has 5 fully saturated rings. The van der Waals surface area contributed by atoms with E-state index in [1.165, 1.54) is 5.57 Å². The number of carboxylic acid groups (broad SMARTS) is 1. The molecule has 0 unspecified atom stereocenters. The molecule has 9 heteroatoms. The predicted octanol–water partition coefficient (Wildman–Crippen LogP) is 4.03. The molecule has 45 heavy (non-hydrogen) atoms. The van der Waals surface area contributed by atoms with Gasteiger partial charge in [0.1, 0.15) is 29.8 Å². The van der Waals surface area contributed by atoms with Crippen molar-refractivity contribution in [3.63, 3.8) is 0 Å². The van der Waals surface area contributed by atoms with E-state index in [2.05, 4.69) is 54.5 Å². The number of allylic oxidation sites excluding steroid dienone is 2. The van der Waals surface area contributed by atoms with Gasteiger partial charge < -0.3 is 40.1 Å². The Morgan fingerprint density at radius 3 is 2.22 bits per heavy atom. The van der Waals surface area contributed by atoms with E-state index in [9.17, 15) is 35.4 Å². The van der Waals surface area contributed by atoms with Crippen molar-refractivity contribution >= 4 is 5.97 Å². The van der Waals surface area contributed by atoms with Gasteiger partial charge >= 0.3 is 5.97 Å². The average Bonchev–Trinajstić information content (AvgIpc) is 2.94. The van der Waals surface area contributed by atoms with Gasteiger partial charge in [-0.05, 0) is 103 Å². The number of aliphatic hydroxyl groups is 5. The topological polar surface area (TPSA) is 157 Å². The molecule has 256 valence electrons. The molecule has 1 saturated heterocycles. The van der Waals surface area contributed by atoms with Gasteiger partial charge in [-0.15, -0.1) is 0 Å². The molecule has 4 saturated carbocycles. The highest BCUT2D eigenvalue weighted by molar-refractivity contribution is 5.77. The van der Waals surface area contributed by atoms with Gasteiger partial charge in [0, 0.05) is 0 Å². The number of hydrogen-bond acceptors (Lipinski definition) is 8. The monoisotopic (exact) mass is 634 g/mol. The summed E-state index contributed by atoms with van der Waals surface area (Å²) in [4.78, 5) is 13.0. The van der Waals surface area contributed by atoms with E-state index in [1.807, 2.05) is 0 Å². The van der Waals surface area contributed by atoms with Gasteiger partial charge in [-0.2, -0.15) is 0 Å². The SMILES string of the molecule is CC1(C)CC[C@]2(C(=O)O)[C@H](O)C[C@]3(C)C(=CC[C@H]4[C@@]5(C)CC[C@H](O[C@@H]6O[C@H](CO)[C@@H](O)[C@H](O)[C@H]6O)C(C)(C)[C@@H]5CC[C@]43C)[C@H]2C1. The fourth-order valence-corrected chi connectivity index (χ4v) is 12.3. The minimum absolute atomic E-state index is 0.0210. The van der Waals surface area contributed by atoms with Crippen LogP contribution in [-0.4, -0.2) is 86.1 Å². The standard InChI is InChI=1S/C36H58O9/c1-31(2)14-15-36(30(42)43)20(16-31)19-8-9-23-33(5)12-11-25(45-29-28(41)27(40)26(39)21(18-37)44-29)32(3,4)22(33)10-13-34(23,6)35(19,7)17-24(36)38/h8,20-29,37-41H,9-18H2,1-7H3,(H,42,43)/t20-,21-,22+,23+,24-,25+,26-,27+,28-,29+,33+,34-,35-,36-/m1/s1. The van der Waals surface area contributed by atoms with Gasteiger partial charge in [-0.25, -0.2) is 0 Å². The zero-order chi connectivity index (χ0) is 33.1. The van der Waals surface area contributed by atoms with Gasteiger partial charge in [-0.3, -0.25) is 4.79 Å². The molecule has 5 aliphatic carbocycles. The Kier molecular flexibility index (Phi) is 8.05. The number of carboxylic acids is 1. The maximum Gasteiger partial charge on any atom is 0.312 e. The maximum atomic E-state index is 13.0. The Bertz CT molecular complexity index is 1210. The number of carbonyl (C=O) groups is 1. The van der Waals surface area contributed by atoms with Gasteiger partial charge in [0.15, 0.2) is 6.29 Å². The number of aliphatic hydroxyl groups excluding tert-OH is 5. The van der Waals surface area contributed by atoms with Crippen LogP contribution in [0.3, 0.4) is 0 Å². The molecule has 6 aliphatic rings. The maximum absolute atomic E-state index is 13.0. The molecular weight excluding hydrogens is 576 g/mol. The Balaban J connectivity index is 1.31. The highest BCUT2D eigenvalue weighted by Gasteiger charge is 2.71. The predicted molar refractivity (Wildman–Crippen MR) is 167 cm³/mol. The Hall–Kier alpha value is -1.07. The van der Waals surface area contributed by atoms with Crippen molar-refractivity contribution in [2.24, 2.45) is 50.2 Å². The molecule has 0 spiro atoms.